The van der Waals surface area contributed by atoms with E-state index in [2.05, 4.69) is 22.3 Å². The van der Waals surface area contributed by atoms with Gasteiger partial charge in [-0.25, -0.2) is 0 Å². The molecule has 0 aliphatic carbocycles. The van der Waals surface area contributed by atoms with E-state index in [9.17, 15) is 4.79 Å². The summed E-state index contributed by atoms with van der Waals surface area (Å²) in [5.41, 5.74) is 8.63. The zero-order valence-electron chi connectivity index (χ0n) is 17.0. The molecule has 2 unspecified atom stereocenters. The number of carbonyl (C=O) groups excluding carboxylic acids is 1. The van der Waals surface area contributed by atoms with Crippen LogP contribution in [-0.2, 0) is 4.79 Å². The van der Waals surface area contributed by atoms with Gasteiger partial charge in [0.25, 0.3) is 0 Å². The van der Waals surface area contributed by atoms with Gasteiger partial charge in [0.15, 0.2) is 11.5 Å². The monoisotopic (exact) mass is 395 g/mol. The van der Waals surface area contributed by atoms with E-state index < -0.39 is 0 Å². The molecule has 4 rings (SSSR count). The van der Waals surface area contributed by atoms with Crippen LogP contribution in [0.15, 0.2) is 48.5 Å². The molecule has 2 heterocycles. The summed E-state index contributed by atoms with van der Waals surface area (Å²) < 4.78 is 11.2. The second-order valence-electron chi connectivity index (χ2n) is 7.94. The molecule has 29 heavy (non-hydrogen) atoms. The molecule has 0 spiro atoms. The van der Waals surface area contributed by atoms with Gasteiger partial charge in [-0.1, -0.05) is 36.4 Å². The molecule has 6 nitrogen and oxygen atoms in total. The largest absolute Gasteiger partial charge is 0.486 e. The SMILES string of the molecule is CC(NC(=O)C(C)N1C[C@@H](N)[C@H](c2ccccc2)C1)c1ccc2c(c1)OCCO2. The van der Waals surface area contributed by atoms with Gasteiger partial charge in [0.05, 0.1) is 12.1 Å². The first-order valence-electron chi connectivity index (χ1n) is 10.3. The predicted molar refractivity (Wildman–Crippen MR) is 112 cm³/mol. The van der Waals surface area contributed by atoms with Crippen molar-refractivity contribution in [2.45, 2.75) is 37.9 Å². The first kappa shape index (κ1) is 19.7. The number of hydrogen-bond acceptors (Lipinski definition) is 5. The fraction of sp³-hybridized carbons (Fsp3) is 0.435. The highest BCUT2D eigenvalue weighted by Gasteiger charge is 2.36. The first-order valence-corrected chi connectivity index (χ1v) is 10.3. The summed E-state index contributed by atoms with van der Waals surface area (Å²) in [6, 6.07) is 15.8. The Labute approximate surface area is 172 Å². The van der Waals surface area contributed by atoms with Gasteiger partial charge in [-0.05, 0) is 37.1 Å². The summed E-state index contributed by atoms with van der Waals surface area (Å²) in [7, 11) is 0. The molecule has 1 amide bonds. The molecule has 1 saturated heterocycles. The minimum Gasteiger partial charge on any atom is -0.486 e. The van der Waals surface area contributed by atoms with Crippen LogP contribution in [0.25, 0.3) is 0 Å². The first-order chi connectivity index (χ1) is 14.0. The fourth-order valence-electron chi connectivity index (χ4n) is 4.14. The maximum Gasteiger partial charge on any atom is 0.237 e. The van der Waals surface area contributed by atoms with Crippen molar-refractivity contribution in [3.63, 3.8) is 0 Å². The number of carbonyl (C=O) groups is 1. The maximum absolute atomic E-state index is 12.9. The second kappa shape index (κ2) is 8.43. The molecule has 1 fully saturated rings. The number of fused-ring (bicyclic) bond motifs is 1. The standard InChI is InChI=1S/C23H29N3O3/c1-15(18-8-9-21-22(12-18)29-11-10-28-21)25-23(27)16(2)26-13-19(20(24)14-26)17-6-4-3-5-7-17/h3-9,12,15-16,19-20H,10-11,13-14,24H2,1-2H3,(H,25,27)/t15?,16?,19-,20+/m0/s1. The number of nitrogens with one attached hydrogen (secondary N) is 1. The minimum atomic E-state index is -0.241. The number of ether oxygens (including phenoxy) is 2. The molecular formula is C23H29N3O3. The van der Waals surface area contributed by atoms with Crippen LogP contribution in [0.1, 0.15) is 36.9 Å². The molecular weight excluding hydrogens is 366 g/mol. The van der Waals surface area contributed by atoms with E-state index in [0.29, 0.717) is 19.8 Å². The lowest BCUT2D eigenvalue weighted by Gasteiger charge is -2.26. The molecule has 3 N–H and O–H groups in total. The molecule has 2 aliphatic rings. The smallest absolute Gasteiger partial charge is 0.237 e. The Morgan fingerprint density at radius 3 is 2.55 bits per heavy atom. The lowest BCUT2D eigenvalue weighted by molar-refractivity contribution is -0.126. The van der Waals surface area contributed by atoms with Crippen LogP contribution >= 0.6 is 0 Å². The number of amides is 1. The summed E-state index contributed by atoms with van der Waals surface area (Å²) in [6.07, 6.45) is 0. The summed E-state index contributed by atoms with van der Waals surface area (Å²) in [5.74, 6) is 1.75. The van der Waals surface area contributed by atoms with Crippen molar-refractivity contribution in [1.82, 2.24) is 10.2 Å². The van der Waals surface area contributed by atoms with Crippen molar-refractivity contribution in [2.24, 2.45) is 5.73 Å². The molecule has 0 bridgehead atoms. The Kier molecular flexibility index (Phi) is 5.74. The lowest BCUT2D eigenvalue weighted by Crippen LogP contribution is -2.45. The highest BCUT2D eigenvalue weighted by molar-refractivity contribution is 5.81. The number of nitrogens with zero attached hydrogens (tertiary/aromatic N) is 1. The van der Waals surface area contributed by atoms with E-state index >= 15 is 0 Å². The number of nitrogens with two attached hydrogens (primary N) is 1. The number of rotatable bonds is 5. The van der Waals surface area contributed by atoms with E-state index in [0.717, 1.165) is 23.6 Å². The van der Waals surface area contributed by atoms with Crippen LogP contribution in [0.2, 0.25) is 0 Å². The Balaban J connectivity index is 1.38. The average Bonchev–Trinajstić information content (AvgIpc) is 3.15. The summed E-state index contributed by atoms with van der Waals surface area (Å²) >= 11 is 0. The summed E-state index contributed by atoms with van der Waals surface area (Å²) in [6.45, 7) is 6.55. The molecule has 154 valence electrons. The molecule has 2 aromatic carbocycles. The highest BCUT2D eigenvalue weighted by atomic mass is 16.6. The van der Waals surface area contributed by atoms with Gasteiger partial charge in [0, 0.05) is 25.0 Å². The lowest BCUT2D eigenvalue weighted by atomic mass is 9.95. The zero-order valence-corrected chi connectivity index (χ0v) is 17.0. The van der Waals surface area contributed by atoms with Gasteiger partial charge in [-0.3, -0.25) is 9.69 Å². The molecule has 0 saturated carbocycles. The highest BCUT2D eigenvalue weighted by Crippen LogP contribution is 2.33. The molecule has 0 aromatic heterocycles. The van der Waals surface area contributed by atoms with Gasteiger partial charge in [0.2, 0.25) is 5.91 Å². The van der Waals surface area contributed by atoms with Gasteiger partial charge in [-0.2, -0.15) is 0 Å². The average molecular weight is 396 g/mol. The number of likely N-dealkylation sites (tertiary alicyclic amines) is 1. The van der Waals surface area contributed by atoms with Crippen molar-refractivity contribution < 1.29 is 14.3 Å². The van der Waals surface area contributed by atoms with Gasteiger partial charge < -0.3 is 20.5 Å². The molecule has 6 heteroatoms. The Hall–Kier alpha value is -2.57. The zero-order chi connectivity index (χ0) is 20.4. The molecule has 0 radical (unpaired) electrons. The third-order valence-electron chi connectivity index (χ3n) is 5.97. The van der Waals surface area contributed by atoms with E-state index in [1.807, 2.05) is 50.2 Å². The summed E-state index contributed by atoms with van der Waals surface area (Å²) in [5, 5.41) is 3.13. The van der Waals surface area contributed by atoms with Gasteiger partial charge in [-0.15, -0.1) is 0 Å². The number of hydrogen-bond donors (Lipinski definition) is 2. The van der Waals surface area contributed by atoms with Crippen LogP contribution in [0.3, 0.4) is 0 Å². The van der Waals surface area contributed by atoms with E-state index in [4.69, 9.17) is 15.2 Å². The van der Waals surface area contributed by atoms with Crippen molar-refractivity contribution in [3.8, 4) is 11.5 Å². The third kappa shape index (κ3) is 4.23. The minimum absolute atomic E-state index is 0.00769. The van der Waals surface area contributed by atoms with Crippen molar-refractivity contribution in [1.29, 1.82) is 0 Å². The van der Waals surface area contributed by atoms with Crippen LogP contribution < -0.4 is 20.5 Å². The third-order valence-corrected chi connectivity index (χ3v) is 5.97. The van der Waals surface area contributed by atoms with Gasteiger partial charge in [0.1, 0.15) is 13.2 Å². The second-order valence-corrected chi connectivity index (χ2v) is 7.94. The quantitative estimate of drug-likeness (QED) is 0.813. The fourth-order valence-corrected chi connectivity index (χ4v) is 4.14. The Bertz CT molecular complexity index is 858. The normalized spacial score (nSPS) is 23.4. The van der Waals surface area contributed by atoms with Crippen LogP contribution in [0.5, 0.6) is 11.5 Å². The van der Waals surface area contributed by atoms with Crippen molar-refractivity contribution in [2.75, 3.05) is 26.3 Å². The van der Waals surface area contributed by atoms with E-state index in [-0.39, 0.29) is 30.0 Å². The Morgan fingerprint density at radius 1 is 1.07 bits per heavy atom. The van der Waals surface area contributed by atoms with E-state index in [1.165, 1.54) is 5.56 Å². The Morgan fingerprint density at radius 2 is 1.79 bits per heavy atom. The van der Waals surface area contributed by atoms with E-state index in [1.54, 1.807) is 0 Å². The van der Waals surface area contributed by atoms with Crippen LogP contribution in [-0.4, -0.2) is 49.2 Å². The number of benzene rings is 2. The molecule has 2 aromatic rings. The molecule has 4 atom stereocenters. The maximum atomic E-state index is 12.9. The van der Waals surface area contributed by atoms with Crippen LogP contribution in [0, 0.1) is 0 Å². The molecule has 2 aliphatic heterocycles. The summed E-state index contributed by atoms with van der Waals surface area (Å²) in [4.78, 5) is 15.1. The van der Waals surface area contributed by atoms with Crippen LogP contribution in [0.4, 0.5) is 0 Å². The van der Waals surface area contributed by atoms with Gasteiger partial charge >= 0.3 is 0 Å². The van der Waals surface area contributed by atoms with Crippen molar-refractivity contribution >= 4 is 5.91 Å². The predicted octanol–water partition coefficient (Wildman–Crippen LogP) is 2.45. The van der Waals surface area contributed by atoms with Crippen molar-refractivity contribution in [3.05, 3.63) is 59.7 Å². The topological polar surface area (TPSA) is 76.8 Å².